The first-order valence-corrected chi connectivity index (χ1v) is 11.6. The van der Waals surface area contributed by atoms with Crippen LogP contribution >= 0.6 is 0 Å². The smallest absolute Gasteiger partial charge is 0.227 e. The van der Waals surface area contributed by atoms with E-state index in [4.69, 9.17) is 9.72 Å². The summed E-state index contributed by atoms with van der Waals surface area (Å²) in [5.74, 6) is 1.70. The quantitative estimate of drug-likeness (QED) is 0.413. The maximum Gasteiger partial charge on any atom is 0.227 e. The number of nitrogens with one attached hydrogen (secondary N) is 1. The third-order valence-corrected chi connectivity index (χ3v) is 6.39. The lowest BCUT2D eigenvalue weighted by Crippen LogP contribution is -2.23. The molecule has 3 heterocycles. The highest BCUT2D eigenvalue weighted by Gasteiger charge is 2.25. The molecule has 1 unspecified atom stereocenters. The fourth-order valence-corrected chi connectivity index (χ4v) is 4.69. The van der Waals surface area contributed by atoms with Crippen LogP contribution in [0.15, 0.2) is 66.9 Å². The normalized spacial score (nSPS) is 14.4. The summed E-state index contributed by atoms with van der Waals surface area (Å²) >= 11 is 0. The number of rotatable bonds is 6. The number of carbonyl (C=O) groups excluding carboxylic acids is 1. The summed E-state index contributed by atoms with van der Waals surface area (Å²) < 4.78 is 5.95. The Bertz CT molecular complexity index is 1340. The van der Waals surface area contributed by atoms with Crippen molar-refractivity contribution >= 4 is 28.3 Å². The number of anilines is 2. The van der Waals surface area contributed by atoms with Gasteiger partial charge in [-0.2, -0.15) is 0 Å². The van der Waals surface area contributed by atoms with E-state index in [0.717, 1.165) is 63.5 Å². The van der Waals surface area contributed by atoms with Gasteiger partial charge in [0.15, 0.2) is 5.75 Å². The van der Waals surface area contributed by atoms with Crippen molar-refractivity contribution in [3.8, 4) is 5.75 Å². The largest absolute Gasteiger partial charge is 0.494 e. The first kappa shape index (κ1) is 21.9. The zero-order chi connectivity index (χ0) is 23.7. The third-order valence-electron chi connectivity index (χ3n) is 6.39. The second kappa shape index (κ2) is 9.14. The molecule has 1 saturated heterocycles. The van der Waals surface area contributed by atoms with Crippen molar-refractivity contribution in [1.29, 1.82) is 0 Å². The number of hydrogen-bond acceptors (Lipinski definition) is 5. The number of aryl methyl sites for hydroxylation is 2. The van der Waals surface area contributed by atoms with Gasteiger partial charge in [-0.25, -0.2) is 9.97 Å². The molecule has 1 aliphatic heterocycles. The van der Waals surface area contributed by atoms with Gasteiger partial charge >= 0.3 is 0 Å². The molecule has 0 saturated carbocycles. The SMILES string of the molecule is COc1c(C(Nc2ccccn2)c2ccc(N3CCCC3=O)cc2)cc(C)c2ccc(C)nc12. The molecule has 6 heteroatoms. The van der Waals surface area contributed by atoms with Crippen LogP contribution in [-0.2, 0) is 4.79 Å². The Morgan fingerprint density at radius 2 is 1.88 bits per heavy atom. The van der Waals surface area contributed by atoms with Crippen molar-refractivity contribution in [2.24, 2.45) is 0 Å². The molecule has 1 atom stereocenters. The summed E-state index contributed by atoms with van der Waals surface area (Å²) in [5, 5.41) is 4.67. The van der Waals surface area contributed by atoms with Crippen LogP contribution in [0.4, 0.5) is 11.5 Å². The molecule has 172 valence electrons. The van der Waals surface area contributed by atoms with E-state index in [1.54, 1.807) is 13.3 Å². The van der Waals surface area contributed by atoms with Gasteiger partial charge in [0.25, 0.3) is 0 Å². The van der Waals surface area contributed by atoms with Crippen LogP contribution in [0.3, 0.4) is 0 Å². The van der Waals surface area contributed by atoms with E-state index in [9.17, 15) is 4.79 Å². The van der Waals surface area contributed by atoms with Gasteiger partial charge in [-0.15, -0.1) is 0 Å². The van der Waals surface area contributed by atoms with Crippen LogP contribution in [0.5, 0.6) is 5.75 Å². The van der Waals surface area contributed by atoms with Crippen LogP contribution in [0.25, 0.3) is 10.9 Å². The Morgan fingerprint density at radius 3 is 2.56 bits per heavy atom. The lowest BCUT2D eigenvalue weighted by Gasteiger charge is -2.25. The Morgan fingerprint density at radius 1 is 1.06 bits per heavy atom. The molecule has 5 rings (SSSR count). The van der Waals surface area contributed by atoms with Gasteiger partial charge in [0, 0.05) is 41.5 Å². The highest BCUT2D eigenvalue weighted by molar-refractivity contribution is 5.95. The molecule has 1 fully saturated rings. The third kappa shape index (κ3) is 4.07. The fraction of sp³-hybridized carbons (Fsp3) is 0.250. The molecule has 0 radical (unpaired) electrons. The van der Waals surface area contributed by atoms with Crippen LogP contribution in [0.2, 0.25) is 0 Å². The molecule has 1 aliphatic rings. The fourth-order valence-electron chi connectivity index (χ4n) is 4.69. The second-order valence-electron chi connectivity index (χ2n) is 8.70. The summed E-state index contributed by atoms with van der Waals surface area (Å²) in [5.41, 5.74) is 5.89. The predicted molar refractivity (Wildman–Crippen MR) is 136 cm³/mol. The number of carbonyl (C=O) groups is 1. The first-order chi connectivity index (χ1) is 16.5. The number of pyridine rings is 2. The lowest BCUT2D eigenvalue weighted by atomic mass is 9.93. The van der Waals surface area contributed by atoms with E-state index in [1.807, 2.05) is 48.2 Å². The number of amides is 1. The number of ether oxygens (including phenoxy) is 1. The standard InChI is InChI=1S/C28H28N4O2/c1-18-17-23(28(34-3)27-22(18)14-9-19(2)30-27)26(31-24-7-4-5-15-29-24)20-10-12-21(13-11-20)32-16-6-8-25(32)33/h4-5,7,9-15,17,26H,6,8,16H2,1-3H3,(H,29,31). The van der Waals surface area contributed by atoms with E-state index in [1.165, 1.54) is 0 Å². The topological polar surface area (TPSA) is 67.3 Å². The van der Waals surface area contributed by atoms with Gasteiger partial charge in [0.05, 0.1) is 13.2 Å². The number of aromatic nitrogens is 2. The molecule has 1 N–H and O–H groups in total. The Balaban J connectivity index is 1.64. The second-order valence-corrected chi connectivity index (χ2v) is 8.70. The molecular formula is C28H28N4O2. The predicted octanol–water partition coefficient (Wildman–Crippen LogP) is 5.58. The molecule has 6 nitrogen and oxygen atoms in total. The summed E-state index contributed by atoms with van der Waals surface area (Å²) in [4.78, 5) is 23.4. The highest BCUT2D eigenvalue weighted by Crippen LogP contribution is 2.39. The van der Waals surface area contributed by atoms with Gasteiger partial charge in [-0.1, -0.05) is 24.3 Å². The van der Waals surface area contributed by atoms with Crippen LogP contribution in [-0.4, -0.2) is 29.5 Å². The van der Waals surface area contributed by atoms with E-state index >= 15 is 0 Å². The van der Waals surface area contributed by atoms with Crippen molar-refractivity contribution in [3.05, 3.63) is 89.2 Å². The number of benzene rings is 2. The lowest BCUT2D eigenvalue weighted by molar-refractivity contribution is -0.117. The molecule has 0 spiro atoms. The van der Waals surface area contributed by atoms with Crippen molar-refractivity contribution in [1.82, 2.24) is 9.97 Å². The van der Waals surface area contributed by atoms with Crippen LogP contribution in [0.1, 0.15) is 41.3 Å². The Hall–Kier alpha value is -3.93. The number of nitrogens with zero attached hydrogens (tertiary/aromatic N) is 3. The molecule has 1 amide bonds. The van der Waals surface area contributed by atoms with Crippen molar-refractivity contribution in [3.63, 3.8) is 0 Å². The van der Waals surface area contributed by atoms with Gasteiger partial charge < -0.3 is 15.0 Å². The van der Waals surface area contributed by atoms with Crippen molar-refractivity contribution < 1.29 is 9.53 Å². The minimum absolute atomic E-state index is 0.184. The van der Waals surface area contributed by atoms with Crippen molar-refractivity contribution in [2.75, 3.05) is 23.9 Å². The van der Waals surface area contributed by atoms with Crippen molar-refractivity contribution in [2.45, 2.75) is 32.7 Å². The molecular weight excluding hydrogens is 424 g/mol. The summed E-state index contributed by atoms with van der Waals surface area (Å²) in [6.45, 7) is 4.86. The van der Waals surface area contributed by atoms with E-state index in [2.05, 4.69) is 41.5 Å². The van der Waals surface area contributed by atoms with E-state index in [-0.39, 0.29) is 11.9 Å². The average molecular weight is 453 g/mol. The Labute approximate surface area is 199 Å². The Kier molecular flexibility index (Phi) is 5.88. The molecule has 2 aromatic heterocycles. The molecule has 34 heavy (non-hydrogen) atoms. The van der Waals surface area contributed by atoms with E-state index in [0.29, 0.717) is 6.42 Å². The van der Waals surface area contributed by atoms with E-state index < -0.39 is 0 Å². The highest BCUT2D eigenvalue weighted by atomic mass is 16.5. The zero-order valence-electron chi connectivity index (χ0n) is 19.7. The molecule has 4 aromatic rings. The molecule has 0 bridgehead atoms. The van der Waals surface area contributed by atoms with Gasteiger partial charge in [0.2, 0.25) is 5.91 Å². The van der Waals surface area contributed by atoms with Crippen LogP contribution in [0, 0.1) is 13.8 Å². The molecule has 2 aromatic carbocycles. The maximum absolute atomic E-state index is 12.2. The number of fused-ring (bicyclic) bond motifs is 1. The summed E-state index contributed by atoms with van der Waals surface area (Å²) in [6, 6.07) is 20.1. The summed E-state index contributed by atoms with van der Waals surface area (Å²) in [7, 11) is 1.69. The monoisotopic (exact) mass is 452 g/mol. The minimum Gasteiger partial charge on any atom is -0.494 e. The number of methoxy groups -OCH3 is 1. The zero-order valence-corrected chi connectivity index (χ0v) is 19.7. The average Bonchev–Trinajstić information content (AvgIpc) is 3.29. The minimum atomic E-state index is -0.224. The molecule has 0 aliphatic carbocycles. The van der Waals surface area contributed by atoms with Gasteiger partial charge in [0.1, 0.15) is 11.3 Å². The van der Waals surface area contributed by atoms with Gasteiger partial charge in [-0.05, 0) is 67.8 Å². The summed E-state index contributed by atoms with van der Waals surface area (Å²) in [6.07, 6.45) is 3.30. The number of hydrogen-bond donors (Lipinski definition) is 1. The maximum atomic E-state index is 12.2. The van der Waals surface area contributed by atoms with Crippen LogP contribution < -0.4 is 15.0 Å². The first-order valence-electron chi connectivity index (χ1n) is 11.6. The van der Waals surface area contributed by atoms with Gasteiger partial charge in [-0.3, -0.25) is 4.79 Å².